The van der Waals surface area contributed by atoms with Crippen LogP contribution in [0.5, 0.6) is 0 Å². The van der Waals surface area contributed by atoms with Crippen LogP contribution in [0.25, 0.3) is 0 Å². The molecular formula is AgO4PZnZr+4. The van der Waals surface area contributed by atoms with Crippen LogP contribution in [0.15, 0.2) is 0 Å². The summed E-state index contributed by atoms with van der Waals surface area (Å²) in [7, 11) is -5.39. The Morgan fingerprint density at radius 3 is 1.12 bits per heavy atom. The molecule has 0 unspecified atom stereocenters. The molecule has 0 aromatic rings. The number of hydrogen-bond donors (Lipinski definition) is 0. The predicted octanol–water partition coefficient (Wildman–Crippen LogP) is -2.83. The maximum absolute atomic E-state index is 8.55. The summed E-state index contributed by atoms with van der Waals surface area (Å²) in [5.41, 5.74) is 0. The second-order valence-corrected chi connectivity index (χ2v) is 1.34. The molecule has 0 saturated heterocycles. The van der Waals surface area contributed by atoms with Crippen LogP contribution in [0.2, 0.25) is 0 Å². The van der Waals surface area contributed by atoms with Gasteiger partial charge in [0.05, 0.1) is 0 Å². The Bertz CT molecular complexity index is 62.2. The molecule has 0 aromatic carbocycles. The molecule has 8 heavy (non-hydrogen) atoms. The maximum atomic E-state index is 8.55. The normalized spacial score (nSPS) is 7.38. The molecule has 0 fully saturated rings. The molecule has 0 amide bonds. The molecule has 0 aliphatic heterocycles. The molecule has 0 saturated carbocycles. The molecule has 0 aromatic heterocycles. The van der Waals surface area contributed by atoms with Crippen molar-refractivity contribution < 1.29 is 87.3 Å². The van der Waals surface area contributed by atoms with Gasteiger partial charge in [-0.15, -0.1) is 0 Å². The Morgan fingerprint density at radius 2 is 1.12 bits per heavy atom. The van der Waals surface area contributed by atoms with Crippen molar-refractivity contribution in [2.24, 2.45) is 0 Å². The first-order valence-corrected chi connectivity index (χ1v) is 2.19. The zero-order valence-electron chi connectivity index (χ0n) is 3.59. The van der Waals surface area contributed by atoms with Gasteiger partial charge in [-0.1, -0.05) is 0 Å². The molecule has 0 rings (SSSR count). The van der Waals surface area contributed by atoms with Gasteiger partial charge in [-0.25, -0.2) is 0 Å². The van der Waals surface area contributed by atoms with Gasteiger partial charge < -0.3 is 19.2 Å². The van der Waals surface area contributed by atoms with Gasteiger partial charge >= 0.3 is 68.1 Å². The van der Waals surface area contributed by atoms with E-state index in [0.717, 1.165) is 0 Å². The van der Waals surface area contributed by atoms with E-state index in [9.17, 15) is 0 Å². The van der Waals surface area contributed by atoms with Gasteiger partial charge in [-0.3, -0.25) is 0 Å². The molecule has 4 nitrogen and oxygen atoms in total. The molecule has 0 spiro atoms. The number of rotatable bonds is 0. The summed E-state index contributed by atoms with van der Waals surface area (Å²) >= 11 is 0. The summed E-state index contributed by atoms with van der Waals surface area (Å²) in [5.74, 6) is 0. The fourth-order valence-corrected chi connectivity index (χ4v) is 0. The van der Waals surface area contributed by atoms with Crippen LogP contribution in [0.4, 0.5) is 0 Å². The van der Waals surface area contributed by atoms with Crippen LogP contribution < -0.4 is 14.7 Å². The Hall–Kier alpha value is 2.36. The van der Waals surface area contributed by atoms with Crippen molar-refractivity contribution in [3.63, 3.8) is 0 Å². The van der Waals surface area contributed by atoms with Gasteiger partial charge in [0.2, 0.25) is 0 Å². The third kappa shape index (κ3) is 81.4. The van der Waals surface area contributed by atoms with Crippen LogP contribution in [-0.2, 0) is 72.6 Å². The van der Waals surface area contributed by atoms with Crippen molar-refractivity contribution in [1.29, 1.82) is 0 Å². The molecule has 0 N–H and O–H groups in total. The van der Waals surface area contributed by atoms with E-state index in [0.29, 0.717) is 0 Å². The Balaban J connectivity index is -0.0000000267. The quantitative estimate of drug-likeness (QED) is 0.345. The van der Waals surface area contributed by atoms with Crippen molar-refractivity contribution in [3.8, 4) is 0 Å². The summed E-state index contributed by atoms with van der Waals surface area (Å²) in [6.45, 7) is 0. The number of hydrogen-bond acceptors (Lipinski definition) is 4. The number of phosphoric acid groups is 1. The monoisotopic (exact) mass is 356 g/mol. The summed E-state index contributed by atoms with van der Waals surface area (Å²) in [6.07, 6.45) is 0. The van der Waals surface area contributed by atoms with Gasteiger partial charge in [0, 0.05) is 0 Å². The van der Waals surface area contributed by atoms with E-state index in [-0.39, 0.29) is 68.1 Å². The second-order valence-electron chi connectivity index (χ2n) is 0.447. The van der Waals surface area contributed by atoms with E-state index < -0.39 is 7.82 Å². The Morgan fingerprint density at radius 1 is 1.12 bits per heavy atom. The topological polar surface area (TPSA) is 86.2 Å². The summed E-state index contributed by atoms with van der Waals surface area (Å²) in [4.78, 5) is 25.6. The summed E-state index contributed by atoms with van der Waals surface area (Å²) in [6, 6.07) is 0. The maximum Gasteiger partial charge on any atom is 4.00 e. The Labute approximate surface area is 94.1 Å². The van der Waals surface area contributed by atoms with E-state index >= 15 is 0 Å². The van der Waals surface area contributed by atoms with Gasteiger partial charge in [-0.2, -0.15) is 7.82 Å². The van der Waals surface area contributed by atoms with Crippen LogP contribution >= 0.6 is 7.82 Å². The third-order valence-electron chi connectivity index (χ3n) is 0. The van der Waals surface area contributed by atoms with Crippen molar-refractivity contribution in [1.82, 2.24) is 0 Å². The molecule has 0 bridgehead atoms. The summed E-state index contributed by atoms with van der Waals surface area (Å²) < 4.78 is 8.55. The Kier molecular flexibility index (Phi) is 26.2. The van der Waals surface area contributed by atoms with Crippen LogP contribution in [-0.4, -0.2) is 0 Å². The van der Waals surface area contributed by atoms with Crippen LogP contribution in [0.1, 0.15) is 0 Å². The third-order valence-corrected chi connectivity index (χ3v) is 0. The van der Waals surface area contributed by atoms with Gasteiger partial charge in [0.25, 0.3) is 0 Å². The first kappa shape index (κ1) is 22.4. The van der Waals surface area contributed by atoms with E-state index in [1.807, 2.05) is 0 Å². The molecule has 0 atom stereocenters. The average molecular weight is 359 g/mol. The zero-order valence-corrected chi connectivity index (χ0v) is 11.4. The first-order chi connectivity index (χ1) is 2.00. The molecule has 42 valence electrons. The van der Waals surface area contributed by atoms with Crippen molar-refractivity contribution >= 4 is 7.82 Å². The van der Waals surface area contributed by atoms with Crippen LogP contribution in [0, 0.1) is 0 Å². The molecule has 8 heteroatoms. The fraction of sp³-hybridized carbons (Fsp3) is 0. The van der Waals surface area contributed by atoms with Crippen molar-refractivity contribution in [3.05, 3.63) is 0 Å². The molecule has 0 heterocycles. The minimum absolute atomic E-state index is 0. The van der Waals surface area contributed by atoms with E-state index in [1.54, 1.807) is 0 Å². The molecule has 0 aliphatic carbocycles. The van der Waals surface area contributed by atoms with Crippen molar-refractivity contribution in [2.75, 3.05) is 0 Å². The van der Waals surface area contributed by atoms with Crippen molar-refractivity contribution in [2.45, 2.75) is 0 Å². The SMILES string of the molecule is O=P([O-])([O-])[O-].[Ag+].[Zn+2].[Zr+4]. The fourth-order valence-electron chi connectivity index (χ4n) is 0. The minimum atomic E-state index is -5.39. The predicted molar refractivity (Wildman–Crippen MR) is 7.61 cm³/mol. The largest absolute Gasteiger partial charge is 4.00 e. The molecule has 0 aliphatic rings. The first-order valence-electron chi connectivity index (χ1n) is 0.730. The minimum Gasteiger partial charge on any atom is -0.822 e. The van der Waals surface area contributed by atoms with Crippen LogP contribution in [0.3, 0.4) is 0 Å². The average Bonchev–Trinajstić information content (AvgIpc) is 0.722. The molecular weight excluding hydrogens is 359 g/mol. The summed E-state index contributed by atoms with van der Waals surface area (Å²) in [5, 5.41) is 0. The zero-order chi connectivity index (χ0) is 4.50. The van der Waals surface area contributed by atoms with Gasteiger partial charge in [0.1, 0.15) is 0 Å². The standard InChI is InChI=1S/Ag.H3O4P.Zn.Zr/c;1-5(2,3)4;;/h;(H3,1,2,3,4);;/q+1;;+2;+4/p-3. The van der Waals surface area contributed by atoms with E-state index in [1.165, 1.54) is 0 Å². The molecule has 0 radical (unpaired) electrons. The van der Waals surface area contributed by atoms with Gasteiger partial charge in [-0.05, 0) is 0 Å². The second kappa shape index (κ2) is 9.36. The van der Waals surface area contributed by atoms with E-state index in [2.05, 4.69) is 0 Å². The van der Waals surface area contributed by atoms with Gasteiger partial charge in [0.15, 0.2) is 0 Å². The van der Waals surface area contributed by atoms with E-state index in [4.69, 9.17) is 19.2 Å². The smallest absolute Gasteiger partial charge is 0.822 e.